The Labute approximate surface area is 284 Å². The zero-order valence-electron chi connectivity index (χ0n) is 28.7. The third-order valence-corrected chi connectivity index (χ3v) is 9.66. The van der Waals surface area contributed by atoms with Crippen LogP contribution in [-0.2, 0) is 30.5 Å². The van der Waals surface area contributed by atoms with Crippen molar-refractivity contribution in [1.29, 1.82) is 0 Å². The Morgan fingerprint density at radius 3 is 2.24 bits per heavy atom. The SMILES string of the molecule is Cc1c(-c2cc3cc(NC(=O)OC4CCS(=O)(=O)CC4)ncc3c(NC(=O)OC(C)(C)C)c2F)cnc2c1N(C(=O)OC(C)(C)C)CCC2. The molecule has 1 aromatic carbocycles. The van der Waals surface area contributed by atoms with E-state index in [0.717, 1.165) is 0 Å². The van der Waals surface area contributed by atoms with Crippen LogP contribution < -0.4 is 15.5 Å². The van der Waals surface area contributed by atoms with Crippen LogP contribution in [0.5, 0.6) is 0 Å². The van der Waals surface area contributed by atoms with Crippen molar-refractivity contribution in [2.45, 2.75) is 91.5 Å². The minimum absolute atomic E-state index is 0.0621. The van der Waals surface area contributed by atoms with Crippen molar-refractivity contribution in [2.75, 3.05) is 33.6 Å². The summed E-state index contributed by atoms with van der Waals surface area (Å²) in [7, 11) is -3.14. The number of pyridine rings is 2. The van der Waals surface area contributed by atoms with Crippen molar-refractivity contribution in [3.8, 4) is 11.1 Å². The van der Waals surface area contributed by atoms with Gasteiger partial charge in [0.2, 0.25) is 0 Å². The number of benzene rings is 1. The van der Waals surface area contributed by atoms with Gasteiger partial charge in [-0.2, -0.15) is 0 Å². The Balaban J connectivity index is 1.56. The molecule has 3 aromatic rings. The molecule has 2 aliphatic rings. The summed E-state index contributed by atoms with van der Waals surface area (Å²) in [6.45, 7) is 12.6. The number of carbonyl (C=O) groups is 3. The van der Waals surface area contributed by atoms with Crippen molar-refractivity contribution in [1.82, 2.24) is 9.97 Å². The Morgan fingerprint density at radius 1 is 0.918 bits per heavy atom. The van der Waals surface area contributed by atoms with Crippen LogP contribution in [0.2, 0.25) is 0 Å². The molecule has 2 N–H and O–H groups in total. The van der Waals surface area contributed by atoms with Gasteiger partial charge in [0.05, 0.1) is 28.6 Å². The third-order valence-electron chi connectivity index (χ3n) is 7.94. The highest BCUT2D eigenvalue weighted by atomic mass is 32.2. The Bertz CT molecular complexity index is 1910. The maximum atomic E-state index is 16.6. The standard InChI is InChI=1S/C34H42FN5O8S/c1-19-23(17-36-25-9-8-12-40(29(19)25)32(43)48-34(5,6)7)22-15-20-16-26(38-30(41)46-21-10-13-49(44,45)14-11-21)37-18-24(20)28(27(22)35)39-31(42)47-33(2,3)4/h15-18,21H,8-14H2,1-7H3,(H,39,42)(H,37,38,41). The molecule has 1 saturated heterocycles. The lowest BCUT2D eigenvalue weighted by atomic mass is 9.94. The van der Waals surface area contributed by atoms with Crippen molar-refractivity contribution in [3.63, 3.8) is 0 Å². The van der Waals surface area contributed by atoms with Crippen LogP contribution in [0.3, 0.4) is 0 Å². The molecule has 2 aromatic heterocycles. The monoisotopic (exact) mass is 699 g/mol. The molecule has 3 amide bonds. The van der Waals surface area contributed by atoms with E-state index in [2.05, 4.69) is 20.6 Å². The highest BCUT2D eigenvalue weighted by Gasteiger charge is 2.32. The molecule has 0 radical (unpaired) electrons. The summed E-state index contributed by atoms with van der Waals surface area (Å²) < 4.78 is 56.6. The largest absolute Gasteiger partial charge is 0.446 e. The first-order valence-electron chi connectivity index (χ1n) is 16.1. The number of halogens is 1. The summed E-state index contributed by atoms with van der Waals surface area (Å²) in [4.78, 5) is 49.2. The highest BCUT2D eigenvalue weighted by Crippen LogP contribution is 2.41. The van der Waals surface area contributed by atoms with E-state index in [9.17, 15) is 22.8 Å². The second-order valence-corrected chi connectivity index (χ2v) is 16.5. The van der Waals surface area contributed by atoms with E-state index in [0.29, 0.717) is 47.3 Å². The van der Waals surface area contributed by atoms with E-state index in [1.807, 2.05) is 0 Å². The van der Waals surface area contributed by atoms with Gasteiger partial charge in [0, 0.05) is 35.5 Å². The summed E-state index contributed by atoms with van der Waals surface area (Å²) in [5.41, 5.74) is 0.448. The molecule has 13 nitrogen and oxygen atoms in total. The van der Waals surface area contributed by atoms with E-state index in [-0.39, 0.29) is 46.8 Å². The lowest BCUT2D eigenvalue weighted by Crippen LogP contribution is -2.40. The average molecular weight is 700 g/mol. The topological polar surface area (TPSA) is 166 Å². The summed E-state index contributed by atoms with van der Waals surface area (Å²) in [6, 6.07) is 3.05. The number of hydrogen-bond acceptors (Lipinski definition) is 10. The molecule has 0 aliphatic carbocycles. The van der Waals surface area contributed by atoms with Crippen molar-refractivity contribution >= 4 is 56.1 Å². The van der Waals surface area contributed by atoms with Crippen LogP contribution in [0.4, 0.5) is 36.0 Å². The molecule has 4 heterocycles. The van der Waals surface area contributed by atoms with Gasteiger partial charge in [0.25, 0.3) is 0 Å². The zero-order valence-corrected chi connectivity index (χ0v) is 29.5. The molecule has 0 unspecified atom stereocenters. The Hall–Kier alpha value is -4.53. The van der Waals surface area contributed by atoms with Crippen LogP contribution in [0, 0.1) is 12.7 Å². The molecule has 49 heavy (non-hydrogen) atoms. The molecule has 0 spiro atoms. The first-order chi connectivity index (χ1) is 22.8. The van der Waals surface area contributed by atoms with E-state index in [4.69, 9.17) is 14.2 Å². The lowest BCUT2D eigenvalue weighted by molar-refractivity contribution is 0.0575. The lowest BCUT2D eigenvalue weighted by Gasteiger charge is -2.33. The molecule has 0 saturated carbocycles. The number of hydrogen-bond donors (Lipinski definition) is 2. The maximum Gasteiger partial charge on any atom is 0.414 e. The fourth-order valence-corrected chi connectivity index (χ4v) is 7.26. The van der Waals surface area contributed by atoms with Crippen molar-refractivity contribution < 1.29 is 41.4 Å². The number of sulfone groups is 1. The predicted octanol–water partition coefficient (Wildman–Crippen LogP) is 6.90. The Kier molecular flexibility index (Phi) is 9.79. The van der Waals surface area contributed by atoms with Gasteiger partial charge < -0.3 is 14.2 Å². The number of anilines is 3. The number of ether oxygens (including phenoxy) is 3. The third kappa shape index (κ3) is 8.56. The summed E-state index contributed by atoms with van der Waals surface area (Å²) in [6.07, 6.45) is 1.73. The second kappa shape index (κ2) is 13.4. The molecule has 1 fully saturated rings. The van der Waals surface area contributed by atoms with Gasteiger partial charge in [0.15, 0.2) is 15.7 Å². The quantitative estimate of drug-likeness (QED) is 0.273. The fourth-order valence-electron chi connectivity index (χ4n) is 5.81. The summed E-state index contributed by atoms with van der Waals surface area (Å²) in [5, 5.41) is 5.72. The number of nitrogens with zero attached hydrogens (tertiary/aromatic N) is 3. The second-order valence-electron chi connectivity index (χ2n) is 14.2. The average Bonchev–Trinajstić information content (AvgIpc) is 2.98. The van der Waals surface area contributed by atoms with Crippen LogP contribution in [-0.4, -0.2) is 72.0 Å². The number of aromatic nitrogens is 2. The van der Waals surface area contributed by atoms with Gasteiger partial charge in [-0.15, -0.1) is 0 Å². The molecular weight excluding hydrogens is 657 g/mol. The minimum atomic E-state index is -3.14. The first-order valence-corrected chi connectivity index (χ1v) is 17.9. The summed E-state index contributed by atoms with van der Waals surface area (Å²) in [5.74, 6) is -0.823. The molecular formula is C34H42FN5O8S. The molecule has 2 aliphatic heterocycles. The maximum absolute atomic E-state index is 16.6. The van der Waals surface area contributed by atoms with Gasteiger partial charge in [0.1, 0.15) is 23.1 Å². The number of nitrogens with one attached hydrogen (secondary N) is 2. The van der Waals surface area contributed by atoms with Gasteiger partial charge in [-0.1, -0.05) is 0 Å². The van der Waals surface area contributed by atoms with Crippen LogP contribution >= 0.6 is 0 Å². The normalized spacial score (nSPS) is 16.4. The van der Waals surface area contributed by atoms with Gasteiger partial charge in [-0.25, -0.2) is 32.2 Å². The van der Waals surface area contributed by atoms with E-state index in [1.165, 1.54) is 23.4 Å². The van der Waals surface area contributed by atoms with Crippen molar-refractivity contribution in [3.05, 3.63) is 41.6 Å². The van der Waals surface area contributed by atoms with E-state index >= 15 is 4.39 Å². The summed E-state index contributed by atoms with van der Waals surface area (Å²) >= 11 is 0. The molecule has 264 valence electrons. The van der Waals surface area contributed by atoms with Crippen molar-refractivity contribution in [2.24, 2.45) is 0 Å². The van der Waals surface area contributed by atoms with Gasteiger partial charge in [-0.05, 0) is 97.2 Å². The van der Waals surface area contributed by atoms with Gasteiger partial charge >= 0.3 is 18.3 Å². The number of amides is 3. The zero-order chi connectivity index (χ0) is 35.9. The number of rotatable bonds is 4. The number of carbonyl (C=O) groups excluding carboxylic acids is 3. The first kappa shape index (κ1) is 35.8. The number of fused-ring (bicyclic) bond motifs is 2. The minimum Gasteiger partial charge on any atom is -0.446 e. The predicted molar refractivity (Wildman–Crippen MR) is 183 cm³/mol. The molecule has 0 bridgehead atoms. The molecule has 0 atom stereocenters. The Morgan fingerprint density at radius 2 is 1.59 bits per heavy atom. The highest BCUT2D eigenvalue weighted by molar-refractivity contribution is 7.91. The molecule has 15 heteroatoms. The van der Waals surface area contributed by atoms with E-state index < -0.39 is 51.2 Å². The van der Waals surface area contributed by atoms with Crippen LogP contribution in [0.1, 0.15) is 72.1 Å². The van der Waals surface area contributed by atoms with Gasteiger partial charge in [-0.3, -0.25) is 20.5 Å². The number of aryl methyl sites for hydroxylation is 1. The van der Waals surface area contributed by atoms with E-state index in [1.54, 1.807) is 54.5 Å². The van der Waals surface area contributed by atoms with Crippen LogP contribution in [0.15, 0.2) is 24.5 Å². The molecule has 5 rings (SSSR count). The van der Waals surface area contributed by atoms with Crippen LogP contribution in [0.25, 0.3) is 21.9 Å². The smallest absolute Gasteiger partial charge is 0.414 e. The fraction of sp³-hybridized carbons (Fsp3) is 0.500.